The van der Waals surface area contributed by atoms with Crippen molar-refractivity contribution in [2.45, 2.75) is 24.5 Å². The summed E-state index contributed by atoms with van der Waals surface area (Å²) >= 11 is 0. The molecule has 0 bridgehead atoms. The molecule has 0 aromatic heterocycles. The minimum atomic E-state index is -4.74. The molecule has 2 rings (SSSR count). The van der Waals surface area contributed by atoms with Crippen LogP contribution in [-0.2, 0) is 35.8 Å². The van der Waals surface area contributed by atoms with Gasteiger partial charge in [-0.2, -0.15) is 8.42 Å². The SMILES string of the molecule is O=C(CCc1ccc(O)cc1)ON1C(=O)C[C@@H](S(=O)(=O)O)C1=O. The smallest absolute Gasteiger partial charge is 0.333 e. The van der Waals surface area contributed by atoms with E-state index in [1.807, 2.05) is 0 Å². The lowest BCUT2D eigenvalue weighted by Gasteiger charge is -2.13. The van der Waals surface area contributed by atoms with Gasteiger partial charge >= 0.3 is 5.97 Å². The third-order valence-electron chi connectivity index (χ3n) is 3.17. The number of nitrogens with zero attached hydrogens (tertiary/aromatic N) is 1. The number of phenols is 1. The van der Waals surface area contributed by atoms with Crippen molar-refractivity contribution in [2.24, 2.45) is 0 Å². The average molecular weight is 343 g/mol. The normalized spacial score (nSPS) is 18.3. The van der Waals surface area contributed by atoms with Crippen molar-refractivity contribution in [3.8, 4) is 5.75 Å². The fourth-order valence-electron chi connectivity index (χ4n) is 1.97. The molecule has 1 aliphatic heterocycles. The molecule has 1 heterocycles. The van der Waals surface area contributed by atoms with Gasteiger partial charge in [-0.05, 0) is 24.1 Å². The number of aromatic hydroxyl groups is 1. The highest BCUT2D eigenvalue weighted by Gasteiger charge is 2.48. The molecule has 1 fully saturated rings. The quantitative estimate of drug-likeness (QED) is 0.553. The Bertz CT molecular complexity index is 740. The number of hydrogen-bond acceptors (Lipinski definition) is 7. The lowest BCUT2D eigenvalue weighted by Crippen LogP contribution is -2.36. The van der Waals surface area contributed by atoms with E-state index < -0.39 is 39.6 Å². The predicted octanol–water partition coefficient (Wildman–Crippen LogP) is -0.202. The Morgan fingerprint density at radius 1 is 1.26 bits per heavy atom. The third kappa shape index (κ3) is 4.05. The van der Waals surface area contributed by atoms with Crippen molar-refractivity contribution in [1.29, 1.82) is 0 Å². The van der Waals surface area contributed by atoms with Crippen LogP contribution in [0.25, 0.3) is 0 Å². The van der Waals surface area contributed by atoms with Gasteiger partial charge in [-0.25, -0.2) is 4.79 Å². The Kier molecular flexibility index (Phi) is 4.66. The van der Waals surface area contributed by atoms with Gasteiger partial charge in [-0.3, -0.25) is 14.1 Å². The van der Waals surface area contributed by atoms with Crippen molar-refractivity contribution in [3.05, 3.63) is 29.8 Å². The second kappa shape index (κ2) is 6.34. The summed E-state index contributed by atoms with van der Waals surface area (Å²) in [5.74, 6) is -3.15. The molecule has 2 amide bonds. The molecule has 9 nitrogen and oxygen atoms in total. The molecule has 0 aliphatic carbocycles. The summed E-state index contributed by atoms with van der Waals surface area (Å²) in [5, 5.41) is 7.25. The highest BCUT2D eigenvalue weighted by Crippen LogP contribution is 2.20. The third-order valence-corrected chi connectivity index (χ3v) is 4.26. The zero-order valence-electron chi connectivity index (χ0n) is 11.7. The van der Waals surface area contributed by atoms with Crippen LogP contribution in [-0.4, -0.2) is 46.2 Å². The molecule has 0 saturated carbocycles. The van der Waals surface area contributed by atoms with Crippen molar-refractivity contribution in [2.75, 3.05) is 0 Å². The Balaban J connectivity index is 1.93. The molecule has 1 aliphatic rings. The number of hydroxylamine groups is 2. The molecule has 0 unspecified atom stereocenters. The van der Waals surface area contributed by atoms with Crippen molar-refractivity contribution >= 4 is 27.9 Å². The monoisotopic (exact) mass is 343 g/mol. The number of carbonyl (C=O) groups excluding carboxylic acids is 3. The topological polar surface area (TPSA) is 138 Å². The van der Waals surface area contributed by atoms with E-state index in [9.17, 15) is 22.8 Å². The lowest BCUT2D eigenvalue weighted by atomic mass is 10.1. The van der Waals surface area contributed by atoms with Crippen LogP contribution in [0.4, 0.5) is 0 Å². The number of phenolic OH excluding ortho intramolecular Hbond substituents is 1. The van der Waals surface area contributed by atoms with Gasteiger partial charge in [0.25, 0.3) is 21.9 Å². The fourth-order valence-corrected chi connectivity index (χ4v) is 2.67. The van der Waals surface area contributed by atoms with E-state index >= 15 is 0 Å². The summed E-state index contributed by atoms with van der Waals surface area (Å²) in [6.07, 6.45) is -0.710. The minimum Gasteiger partial charge on any atom is -0.508 e. The first-order valence-electron chi connectivity index (χ1n) is 6.50. The van der Waals surface area contributed by atoms with E-state index in [2.05, 4.69) is 4.84 Å². The van der Waals surface area contributed by atoms with Crippen LogP contribution in [0.1, 0.15) is 18.4 Å². The molecule has 2 N–H and O–H groups in total. The molecule has 0 radical (unpaired) electrons. The summed E-state index contributed by atoms with van der Waals surface area (Å²) in [6, 6.07) is 6.04. The van der Waals surface area contributed by atoms with Crippen LogP contribution < -0.4 is 0 Å². The number of amides is 2. The van der Waals surface area contributed by atoms with E-state index in [1.165, 1.54) is 12.1 Å². The minimum absolute atomic E-state index is 0.0671. The standard InChI is InChI=1S/C13H13NO8S/c15-9-4-1-8(2-5-9)3-6-12(17)22-14-11(16)7-10(13(14)18)23(19,20)21/h1-2,4-5,10,15H,3,6-7H2,(H,19,20,21)/t10-/m1/s1. The van der Waals surface area contributed by atoms with Gasteiger partial charge in [0.15, 0.2) is 5.25 Å². The van der Waals surface area contributed by atoms with Gasteiger partial charge in [0.05, 0.1) is 12.8 Å². The molecule has 1 atom stereocenters. The Hall–Kier alpha value is -2.46. The zero-order chi connectivity index (χ0) is 17.2. The Labute approximate surface area is 131 Å². The molecular formula is C13H13NO8S. The van der Waals surface area contributed by atoms with Crippen LogP contribution in [0, 0.1) is 0 Å². The number of aryl methyl sites for hydroxylation is 1. The summed E-state index contributed by atoms with van der Waals surface area (Å²) in [5.41, 5.74) is 0.717. The van der Waals surface area contributed by atoms with E-state index in [-0.39, 0.29) is 23.7 Å². The number of carbonyl (C=O) groups is 3. The summed E-state index contributed by atoms with van der Waals surface area (Å²) in [7, 11) is -4.74. The second-order valence-corrected chi connectivity index (χ2v) is 6.46. The Morgan fingerprint density at radius 3 is 2.39 bits per heavy atom. The highest BCUT2D eigenvalue weighted by molar-refractivity contribution is 7.87. The van der Waals surface area contributed by atoms with E-state index in [0.29, 0.717) is 0 Å². The molecular weight excluding hydrogens is 330 g/mol. The fraction of sp³-hybridized carbons (Fsp3) is 0.308. The summed E-state index contributed by atoms with van der Waals surface area (Å²) in [6.45, 7) is 0. The van der Waals surface area contributed by atoms with Crippen LogP contribution >= 0.6 is 0 Å². The van der Waals surface area contributed by atoms with Crippen LogP contribution in [0.2, 0.25) is 0 Å². The van der Waals surface area contributed by atoms with Crippen LogP contribution in [0.5, 0.6) is 5.75 Å². The summed E-state index contributed by atoms with van der Waals surface area (Å²) in [4.78, 5) is 39.4. The second-order valence-electron chi connectivity index (χ2n) is 4.86. The maximum absolute atomic E-state index is 11.7. The molecule has 10 heteroatoms. The zero-order valence-corrected chi connectivity index (χ0v) is 12.5. The van der Waals surface area contributed by atoms with Gasteiger partial charge in [-0.15, -0.1) is 5.06 Å². The van der Waals surface area contributed by atoms with Crippen molar-refractivity contribution in [1.82, 2.24) is 5.06 Å². The first-order chi connectivity index (χ1) is 10.7. The number of hydrogen-bond donors (Lipinski definition) is 2. The van der Waals surface area contributed by atoms with E-state index in [4.69, 9.17) is 9.66 Å². The molecule has 1 aromatic carbocycles. The predicted molar refractivity (Wildman–Crippen MR) is 74.3 cm³/mol. The van der Waals surface area contributed by atoms with Crippen LogP contribution in [0.15, 0.2) is 24.3 Å². The number of rotatable bonds is 5. The maximum Gasteiger partial charge on any atom is 0.333 e. The van der Waals surface area contributed by atoms with Gasteiger partial charge in [0.2, 0.25) is 0 Å². The van der Waals surface area contributed by atoms with Crippen molar-refractivity contribution < 1.29 is 37.3 Å². The van der Waals surface area contributed by atoms with Crippen LogP contribution in [0.3, 0.4) is 0 Å². The number of imide groups is 1. The average Bonchev–Trinajstić information content (AvgIpc) is 2.75. The molecule has 1 aromatic rings. The summed E-state index contributed by atoms with van der Waals surface area (Å²) < 4.78 is 30.8. The van der Waals surface area contributed by atoms with Gasteiger partial charge in [-0.1, -0.05) is 12.1 Å². The maximum atomic E-state index is 11.7. The molecule has 0 spiro atoms. The molecule has 1 saturated heterocycles. The Morgan fingerprint density at radius 2 is 1.87 bits per heavy atom. The van der Waals surface area contributed by atoms with Gasteiger partial charge in [0.1, 0.15) is 5.75 Å². The lowest BCUT2D eigenvalue weighted by molar-refractivity contribution is -0.197. The first kappa shape index (κ1) is 16.9. The van der Waals surface area contributed by atoms with E-state index in [0.717, 1.165) is 5.56 Å². The highest BCUT2D eigenvalue weighted by atomic mass is 32.2. The largest absolute Gasteiger partial charge is 0.508 e. The van der Waals surface area contributed by atoms with Gasteiger partial charge < -0.3 is 9.94 Å². The van der Waals surface area contributed by atoms with Gasteiger partial charge in [0, 0.05) is 0 Å². The van der Waals surface area contributed by atoms with E-state index in [1.54, 1.807) is 12.1 Å². The van der Waals surface area contributed by atoms with Crippen molar-refractivity contribution in [3.63, 3.8) is 0 Å². The molecule has 124 valence electrons. The number of benzene rings is 1. The molecule has 23 heavy (non-hydrogen) atoms. The first-order valence-corrected chi connectivity index (χ1v) is 8.00.